The monoisotopic (exact) mass is 197 g/mol. The third-order valence-corrected chi connectivity index (χ3v) is 2.31. The average molecular weight is 198 g/mol. The molecule has 3 heteroatoms. The molecule has 0 aliphatic heterocycles. The van der Waals surface area contributed by atoms with Gasteiger partial charge in [0.25, 0.3) is 0 Å². The van der Waals surface area contributed by atoms with Gasteiger partial charge in [-0.3, -0.25) is 4.79 Å². The summed E-state index contributed by atoms with van der Waals surface area (Å²) >= 11 is 5.81. The summed E-state index contributed by atoms with van der Waals surface area (Å²) in [6, 6.07) is 3.40. The zero-order valence-corrected chi connectivity index (χ0v) is 8.48. The van der Waals surface area contributed by atoms with Gasteiger partial charge in [-0.05, 0) is 31.0 Å². The summed E-state index contributed by atoms with van der Waals surface area (Å²) in [6.07, 6.45) is 0.788. The lowest BCUT2D eigenvalue weighted by molar-refractivity contribution is 0.101. The van der Waals surface area contributed by atoms with Crippen LogP contribution >= 0.6 is 11.6 Å². The predicted octanol–water partition coefficient (Wildman–Crippen LogP) is 2.69. The van der Waals surface area contributed by atoms with Crippen LogP contribution in [0.5, 0.6) is 0 Å². The van der Waals surface area contributed by atoms with Crippen LogP contribution in [0.2, 0.25) is 5.02 Å². The van der Waals surface area contributed by atoms with Gasteiger partial charge in [-0.15, -0.1) is 0 Å². The van der Waals surface area contributed by atoms with Crippen molar-refractivity contribution in [3.05, 3.63) is 28.3 Å². The zero-order chi connectivity index (χ0) is 10.0. The van der Waals surface area contributed by atoms with E-state index >= 15 is 0 Å². The van der Waals surface area contributed by atoms with Gasteiger partial charge in [0.15, 0.2) is 5.78 Å². The Morgan fingerprint density at radius 3 is 2.62 bits per heavy atom. The largest absolute Gasteiger partial charge is 0.398 e. The highest BCUT2D eigenvalue weighted by molar-refractivity contribution is 6.33. The highest BCUT2D eigenvalue weighted by atomic mass is 35.5. The molecule has 0 aliphatic carbocycles. The first kappa shape index (κ1) is 10.1. The van der Waals surface area contributed by atoms with Gasteiger partial charge in [-0.1, -0.05) is 18.5 Å². The van der Waals surface area contributed by atoms with E-state index in [0.717, 1.165) is 12.0 Å². The molecule has 0 aromatic heterocycles. The molecule has 1 aromatic carbocycles. The van der Waals surface area contributed by atoms with Crippen molar-refractivity contribution in [2.75, 3.05) is 5.73 Å². The van der Waals surface area contributed by atoms with E-state index < -0.39 is 0 Å². The molecule has 13 heavy (non-hydrogen) atoms. The first-order valence-corrected chi connectivity index (χ1v) is 4.53. The first-order valence-electron chi connectivity index (χ1n) is 4.15. The molecule has 0 atom stereocenters. The highest BCUT2D eigenvalue weighted by Gasteiger charge is 2.08. The van der Waals surface area contributed by atoms with Gasteiger partial charge in [0, 0.05) is 5.56 Å². The van der Waals surface area contributed by atoms with Gasteiger partial charge in [-0.2, -0.15) is 0 Å². The van der Waals surface area contributed by atoms with Crippen molar-refractivity contribution in [1.82, 2.24) is 0 Å². The fourth-order valence-corrected chi connectivity index (χ4v) is 1.42. The quantitative estimate of drug-likeness (QED) is 0.585. The third kappa shape index (κ3) is 2.01. The van der Waals surface area contributed by atoms with E-state index in [1.807, 2.05) is 6.92 Å². The summed E-state index contributed by atoms with van der Waals surface area (Å²) < 4.78 is 0. The van der Waals surface area contributed by atoms with Crippen molar-refractivity contribution < 1.29 is 4.79 Å². The summed E-state index contributed by atoms with van der Waals surface area (Å²) in [5, 5.41) is 0.447. The first-order chi connectivity index (χ1) is 6.06. The molecule has 0 fully saturated rings. The number of carbonyl (C=O) groups excluding carboxylic acids is 1. The summed E-state index contributed by atoms with van der Waals surface area (Å²) in [5.41, 5.74) is 7.77. The minimum atomic E-state index is 0.0266. The van der Waals surface area contributed by atoms with Gasteiger partial charge in [0.05, 0.1) is 10.7 Å². The SMILES string of the molecule is CCc1cc(N)c(Cl)cc1C(C)=O. The number of hydrogen-bond acceptors (Lipinski definition) is 2. The van der Waals surface area contributed by atoms with Gasteiger partial charge >= 0.3 is 0 Å². The number of ketones is 1. The van der Waals surface area contributed by atoms with Crippen molar-refractivity contribution in [3.8, 4) is 0 Å². The van der Waals surface area contributed by atoms with Crippen LogP contribution in [-0.4, -0.2) is 5.78 Å². The van der Waals surface area contributed by atoms with Crippen molar-refractivity contribution in [1.29, 1.82) is 0 Å². The molecule has 70 valence electrons. The van der Waals surface area contributed by atoms with Crippen LogP contribution < -0.4 is 5.73 Å². The second-order valence-electron chi connectivity index (χ2n) is 2.94. The minimum Gasteiger partial charge on any atom is -0.398 e. The van der Waals surface area contributed by atoms with Crippen molar-refractivity contribution in [2.45, 2.75) is 20.3 Å². The van der Waals surface area contributed by atoms with Gasteiger partial charge in [-0.25, -0.2) is 0 Å². The van der Waals surface area contributed by atoms with E-state index in [4.69, 9.17) is 17.3 Å². The fourth-order valence-electron chi connectivity index (χ4n) is 1.26. The van der Waals surface area contributed by atoms with Crippen LogP contribution in [-0.2, 0) is 6.42 Å². The molecule has 0 aliphatic rings. The number of anilines is 1. The number of aryl methyl sites for hydroxylation is 1. The Balaban J connectivity index is 3.33. The molecule has 0 amide bonds. The second-order valence-corrected chi connectivity index (χ2v) is 3.35. The maximum Gasteiger partial charge on any atom is 0.160 e. The van der Waals surface area contributed by atoms with E-state index in [9.17, 15) is 4.79 Å². The van der Waals surface area contributed by atoms with Crippen LogP contribution in [0.25, 0.3) is 0 Å². The molecule has 0 saturated carbocycles. The minimum absolute atomic E-state index is 0.0266. The molecule has 2 nitrogen and oxygen atoms in total. The standard InChI is InChI=1S/C10H12ClNO/c1-3-7-4-10(12)9(11)5-8(7)6(2)13/h4-5H,3,12H2,1-2H3. The molecule has 0 radical (unpaired) electrons. The van der Waals surface area contributed by atoms with Crippen molar-refractivity contribution in [2.24, 2.45) is 0 Å². The molecule has 0 unspecified atom stereocenters. The molecule has 0 heterocycles. The Kier molecular flexibility index (Phi) is 2.94. The maximum absolute atomic E-state index is 11.2. The van der Waals surface area contributed by atoms with Crippen molar-refractivity contribution in [3.63, 3.8) is 0 Å². The summed E-state index contributed by atoms with van der Waals surface area (Å²) in [5.74, 6) is 0.0266. The van der Waals surface area contributed by atoms with Crippen LogP contribution in [0.3, 0.4) is 0 Å². The van der Waals surface area contributed by atoms with Crippen LogP contribution in [0.15, 0.2) is 12.1 Å². The molecular weight excluding hydrogens is 186 g/mol. The lowest BCUT2D eigenvalue weighted by Gasteiger charge is -2.07. The van der Waals surface area contributed by atoms with E-state index in [1.54, 1.807) is 12.1 Å². The average Bonchev–Trinajstić information content (AvgIpc) is 2.08. The number of nitrogens with two attached hydrogens (primary N) is 1. The Hall–Kier alpha value is -1.02. The molecule has 0 bridgehead atoms. The second kappa shape index (κ2) is 3.79. The van der Waals surface area contributed by atoms with Crippen LogP contribution in [0.4, 0.5) is 5.69 Å². The van der Waals surface area contributed by atoms with E-state index in [0.29, 0.717) is 16.3 Å². The highest BCUT2D eigenvalue weighted by Crippen LogP contribution is 2.24. The maximum atomic E-state index is 11.2. The van der Waals surface area contributed by atoms with Gasteiger partial charge in [0.2, 0.25) is 0 Å². The molecular formula is C10H12ClNO. The molecule has 0 spiro atoms. The van der Waals surface area contributed by atoms with Crippen molar-refractivity contribution >= 4 is 23.1 Å². The van der Waals surface area contributed by atoms with Gasteiger partial charge in [0.1, 0.15) is 0 Å². The van der Waals surface area contributed by atoms with Crippen LogP contribution in [0.1, 0.15) is 29.8 Å². The number of carbonyl (C=O) groups is 1. The molecule has 1 rings (SSSR count). The Morgan fingerprint density at radius 1 is 1.54 bits per heavy atom. The summed E-state index contributed by atoms with van der Waals surface area (Å²) in [6.45, 7) is 3.51. The number of Topliss-reactive ketones (excluding diaryl/α,β-unsaturated/α-hetero) is 1. The number of nitrogen functional groups attached to an aromatic ring is 1. The molecule has 2 N–H and O–H groups in total. The van der Waals surface area contributed by atoms with Crippen LogP contribution in [0, 0.1) is 0 Å². The Labute approximate surface area is 82.7 Å². The molecule has 1 aromatic rings. The fraction of sp³-hybridized carbons (Fsp3) is 0.300. The van der Waals surface area contributed by atoms with E-state index in [2.05, 4.69) is 0 Å². The topological polar surface area (TPSA) is 43.1 Å². The Morgan fingerprint density at radius 2 is 2.15 bits per heavy atom. The summed E-state index contributed by atoms with van der Waals surface area (Å²) in [7, 11) is 0. The smallest absolute Gasteiger partial charge is 0.160 e. The number of rotatable bonds is 2. The van der Waals surface area contributed by atoms with E-state index in [-0.39, 0.29) is 5.78 Å². The lowest BCUT2D eigenvalue weighted by atomic mass is 10.0. The lowest BCUT2D eigenvalue weighted by Crippen LogP contribution is -2.00. The number of hydrogen-bond donors (Lipinski definition) is 1. The summed E-state index contributed by atoms with van der Waals surface area (Å²) in [4.78, 5) is 11.2. The predicted molar refractivity (Wildman–Crippen MR) is 55.2 cm³/mol. The van der Waals surface area contributed by atoms with Gasteiger partial charge < -0.3 is 5.73 Å². The number of benzene rings is 1. The number of halogens is 1. The third-order valence-electron chi connectivity index (χ3n) is 1.98. The molecule has 0 saturated heterocycles. The van der Waals surface area contributed by atoms with E-state index in [1.165, 1.54) is 6.92 Å². The normalized spacial score (nSPS) is 10.1. The zero-order valence-electron chi connectivity index (χ0n) is 7.73. The Bertz CT molecular complexity index is 347.